The van der Waals surface area contributed by atoms with Gasteiger partial charge in [0.25, 0.3) is 0 Å². The molecule has 1 saturated heterocycles. The minimum absolute atomic E-state index is 0.0225. The van der Waals surface area contributed by atoms with Crippen molar-refractivity contribution >= 4 is 22.6 Å². The lowest BCUT2D eigenvalue weighted by Crippen LogP contribution is -2.41. The highest BCUT2D eigenvalue weighted by atomic mass is 32.2. The van der Waals surface area contributed by atoms with Crippen molar-refractivity contribution in [2.75, 3.05) is 20.3 Å². The number of ether oxygens (including phenoxy) is 1. The second-order valence-electron chi connectivity index (χ2n) is 6.62. The summed E-state index contributed by atoms with van der Waals surface area (Å²) in [6.07, 6.45) is 0. The fourth-order valence-electron chi connectivity index (χ4n) is 2.29. The molecule has 2 rings (SSSR count). The number of sulfonamides is 1. The normalized spacial score (nSPS) is 19.5. The van der Waals surface area contributed by atoms with Gasteiger partial charge in [0.15, 0.2) is 0 Å². The zero-order valence-corrected chi connectivity index (χ0v) is 15.4. The lowest BCUT2D eigenvalue weighted by atomic mass is 9.79. The first kappa shape index (κ1) is 19.2. The Hall–Kier alpha value is -1.13. The number of hydrogen-bond acceptors (Lipinski definition) is 6. The molecule has 1 aliphatic heterocycles. The van der Waals surface area contributed by atoms with E-state index in [4.69, 9.17) is 19.2 Å². The van der Waals surface area contributed by atoms with Gasteiger partial charge in [0.2, 0.25) is 10.0 Å². The van der Waals surface area contributed by atoms with Gasteiger partial charge in [-0.3, -0.25) is 0 Å². The first-order chi connectivity index (χ1) is 11.0. The fraction of sp³-hybridized carbons (Fsp3) is 0.600. The molecule has 9 heteroatoms. The summed E-state index contributed by atoms with van der Waals surface area (Å²) in [6.45, 7) is 7.34. The van der Waals surface area contributed by atoms with Crippen LogP contribution in [0.4, 0.5) is 0 Å². The maximum atomic E-state index is 12.4. The quantitative estimate of drug-likeness (QED) is 0.710. The maximum Gasteiger partial charge on any atom is 0.494 e. The number of aliphatic hydroxyl groups excluding tert-OH is 1. The second kappa shape index (κ2) is 6.64. The monoisotopic (exact) mass is 357 g/mol. The summed E-state index contributed by atoms with van der Waals surface area (Å²) in [7, 11) is -3.10. The van der Waals surface area contributed by atoms with Crippen LogP contribution < -0.4 is 14.9 Å². The molecule has 24 heavy (non-hydrogen) atoms. The number of rotatable bonds is 6. The van der Waals surface area contributed by atoms with Crippen LogP contribution in [-0.4, -0.2) is 52.1 Å². The highest BCUT2D eigenvalue weighted by Gasteiger charge is 2.51. The average Bonchev–Trinajstić information content (AvgIpc) is 2.73. The van der Waals surface area contributed by atoms with Gasteiger partial charge in [-0.25, -0.2) is 13.1 Å². The highest BCUT2D eigenvalue weighted by Crippen LogP contribution is 2.36. The van der Waals surface area contributed by atoms with Crippen molar-refractivity contribution in [3.63, 3.8) is 0 Å². The standard InChI is InChI=1S/C15H24BNO6S/c1-14(2)15(3,4)23-16(22-14)11-6-7-12(21-5)13(10-11)24(19,20)17-8-9-18/h6-7,10,17-18H,8-9H2,1-5H3. The van der Waals surface area contributed by atoms with Gasteiger partial charge < -0.3 is 19.2 Å². The molecule has 0 amide bonds. The molecule has 0 bridgehead atoms. The molecule has 0 unspecified atom stereocenters. The Kier molecular flexibility index (Phi) is 5.32. The lowest BCUT2D eigenvalue weighted by molar-refractivity contribution is 0.00578. The minimum Gasteiger partial charge on any atom is -0.495 e. The van der Waals surface area contributed by atoms with Crippen molar-refractivity contribution < 1.29 is 27.6 Å². The van der Waals surface area contributed by atoms with Crippen LogP contribution in [-0.2, 0) is 19.3 Å². The summed E-state index contributed by atoms with van der Waals surface area (Å²) < 4.78 is 44.2. The summed E-state index contributed by atoms with van der Waals surface area (Å²) in [4.78, 5) is -0.0225. The molecular weight excluding hydrogens is 333 g/mol. The van der Waals surface area contributed by atoms with Crippen molar-refractivity contribution in [3.05, 3.63) is 18.2 Å². The van der Waals surface area contributed by atoms with E-state index >= 15 is 0 Å². The molecule has 0 aromatic heterocycles. The largest absolute Gasteiger partial charge is 0.495 e. The molecule has 1 aliphatic rings. The molecule has 134 valence electrons. The maximum absolute atomic E-state index is 12.4. The third-order valence-electron chi connectivity index (χ3n) is 4.41. The molecule has 0 aliphatic carbocycles. The van der Waals surface area contributed by atoms with Gasteiger partial charge >= 0.3 is 7.12 Å². The van der Waals surface area contributed by atoms with Crippen LogP contribution in [0.2, 0.25) is 0 Å². The smallest absolute Gasteiger partial charge is 0.494 e. The summed E-state index contributed by atoms with van der Waals surface area (Å²) in [5.41, 5.74) is -0.462. The lowest BCUT2D eigenvalue weighted by Gasteiger charge is -2.32. The Morgan fingerprint density at radius 1 is 1.21 bits per heavy atom. The van der Waals surface area contributed by atoms with E-state index in [1.807, 2.05) is 27.7 Å². The number of nitrogens with one attached hydrogen (secondary N) is 1. The summed E-state index contributed by atoms with van der Waals surface area (Å²) in [5.74, 6) is 0.209. The van der Waals surface area contributed by atoms with Crippen LogP contribution in [0.3, 0.4) is 0 Å². The van der Waals surface area contributed by atoms with Crippen LogP contribution >= 0.6 is 0 Å². The molecular formula is C15H24BNO6S. The number of methoxy groups -OCH3 is 1. The summed E-state index contributed by atoms with van der Waals surface area (Å²) in [5, 5.41) is 8.85. The molecule has 2 N–H and O–H groups in total. The Morgan fingerprint density at radius 2 is 1.79 bits per heavy atom. The van der Waals surface area contributed by atoms with E-state index in [2.05, 4.69) is 4.72 Å². The molecule has 1 fully saturated rings. The molecule has 1 heterocycles. The van der Waals surface area contributed by atoms with Crippen LogP contribution in [0, 0.1) is 0 Å². The number of benzene rings is 1. The fourth-order valence-corrected chi connectivity index (χ4v) is 3.51. The van der Waals surface area contributed by atoms with Crippen molar-refractivity contribution in [3.8, 4) is 5.75 Å². The summed E-state index contributed by atoms with van der Waals surface area (Å²) in [6, 6.07) is 4.75. The van der Waals surface area contributed by atoms with Crippen molar-refractivity contribution in [2.45, 2.75) is 43.8 Å². The van der Waals surface area contributed by atoms with Gasteiger partial charge in [-0.2, -0.15) is 0 Å². The summed E-state index contributed by atoms with van der Waals surface area (Å²) >= 11 is 0. The molecule has 0 saturated carbocycles. The van der Waals surface area contributed by atoms with Crippen LogP contribution in [0.25, 0.3) is 0 Å². The van der Waals surface area contributed by atoms with Gasteiger partial charge in [-0.15, -0.1) is 0 Å². The van der Waals surface area contributed by atoms with Crippen LogP contribution in [0.15, 0.2) is 23.1 Å². The molecule has 7 nitrogen and oxygen atoms in total. The van der Waals surface area contributed by atoms with E-state index in [0.29, 0.717) is 5.46 Å². The molecule has 1 aromatic rings. The first-order valence-corrected chi connectivity index (χ1v) is 9.16. The zero-order chi connectivity index (χ0) is 18.2. The predicted molar refractivity (Wildman–Crippen MR) is 91.0 cm³/mol. The van der Waals surface area contributed by atoms with E-state index < -0.39 is 28.3 Å². The number of hydrogen-bond donors (Lipinski definition) is 2. The Morgan fingerprint density at radius 3 is 2.29 bits per heavy atom. The van der Waals surface area contributed by atoms with E-state index in [0.717, 1.165) is 0 Å². The van der Waals surface area contributed by atoms with Crippen LogP contribution in [0.1, 0.15) is 27.7 Å². The predicted octanol–water partition coefficient (Wildman–Crippen LogP) is 0.265. The second-order valence-corrected chi connectivity index (χ2v) is 8.36. The molecule has 0 atom stereocenters. The first-order valence-electron chi connectivity index (χ1n) is 7.68. The highest BCUT2D eigenvalue weighted by molar-refractivity contribution is 7.89. The SMILES string of the molecule is COc1ccc(B2OC(C)(C)C(C)(C)O2)cc1S(=O)(=O)NCCO. The van der Waals surface area contributed by atoms with Gasteiger partial charge in [-0.1, -0.05) is 6.07 Å². The van der Waals surface area contributed by atoms with Gasteiger partial charge in [0, 0.05) is 6.54 Å². The molecule has 1 aromatic carbocycles. The van der Waals surface area contributed by atoms with E-state index in [9.17, 15) is 8.42 Å². The van der Waals surface area contributed by atoms with E-state index in [1.54, 1.807) is 12.1 Å². The Balaban J connectivity index is 2.40. The van der Waals surface area contributed by atoms with E-state index in [1.165, 1.54) is 13.2 Å². The molecule has 0 spiro atoms. The van der Waals surface area contributed by atoms with Crippen molar-refractivity contribution in [1.82, 2.24) is 4.72 Å². The van der Waals surface area contributed by atoms with Crippen molar-refractivity contribution in [1.29, 1.82) is 0 Å². The van der Waals surface area contributed by atoms with Gasteiger partial charge in [0.05, 0.1) is 24.9 Å². The molecule has 0 radical (unpaired) electrons. The Bertz CT molecular complexity index is 688. The van der Waals surface area contributed by atoms with Gasteiger partial charge in [0.1, 0.15) is 10.6 Å². The third kappa shape index (κ3) is 3.60. The van der Waals surface area contributed by atoms with Crippen molar-refractivity contribution in [2.24, 2.45) is 0 Å². The minimum atomic E-state index is -3.82. The zero-order valence-electron chi connectivity index (χ0n) is 14.6. The van der Waals surface area contributed by atoms with Crippen LogP contribution in [0.5, 0.6) is 5.75 Å². The number of aliphatic hydroxyl groups is 1. The third-order valence-corrected chi connectivity index (χ3v) is 5.89. The van der Waals surface area contributed by atoms with E-state index in [-0.39, 0.29) is 23.8 Å². The van der Waals surface area contributed by atoms with Gasteiger partial charge in [-0.05, 0) is 45.3 Å². The Labute approximate surface area is 143 Å². The topological polar surface area (TPSA) is 94.1 Å². The average molecular weight is 357 g/mol.